The van der Waals surface area contributed by atoms with Gasteiger partial charge in [-0.25, -0.2) is 0 Å². The van der Waals surface area contributed by atoms with Gasteiger partial charge in [-0.15, -0.1) is 0 Å². The van der Waals surface area contributed by atoms with Crippen LogP contribution in [0.5, 0.6) is 0 Å². The van der Waals surface area contributed by atoms with Crippen LogP contribution in [0.3, 0.4) is 0 Å². The van der Waals surface area contributed by atoms with Crippen molar-refractivity contribution in [3.8, 4) is 0 Å². The van der Waals surface area contributed by atoms with E-state index in [1.54, 1.807) is 0 Å². The van der Waals surface area contributed by atoms with E-state index in [4.69, 9.17) is 14.9 Å². The first-order valence-electron chi connectivity index (χ1n) is 5.01. The third-order valence-electron chi connectivity index (χ3n) is 2.24. The molecule has 1 heterocycles. The molecule has 2 atom stereocenters. The first-order chi connectivity index (χ1) is 6.36. The second-order valence-corrected chi connectivity index (χ2v) is 4.42. The van der Waals surface area contributed by atoms with E-state index in [0.717, 1.165) is 19.3 Å². The molecule has 2 fully saturated rings. The minimum atomic E-state index is -1.50. The van der Waals surface area contributed by atoms with Crippen molar-refractivity contribution in [3.63, 3.8) is 0 Å². The molecule has 82 valence electrons. The summed E-state index contributed by atoms with van der Waals surface area (Å²) in [6.07, 6.45) is 4.63. The monoisotopic (exact) mass is 202 g/mol. The lowest BCUT2D eigenvalue weighted by Gasteiger charge is -2.12. The molecule has 2 unspecified atom stereocenters. The highest BCUT2D eigenvalue weighted by Crippen LogP contribution is 2.33. The van der Waals surface area contributed by atoms with E-state index in [0.29, 0.717) is 0 Å². The first-order valence-corrected chi connectivity index (χ1v) is 5.01. The molecule has 0 aromatic carbocycles. The molecule has 2 aliphatic rings. The molecule has 0 spiro atoms. The third kappa shape index (κ3) is 4.07. The fourth-order valence-electron chi connectivity index (χ4n) is 1.73. The maximum absolute atomic E-state index is 10.8. The largest absolute Gasteiger partial charge is 0.462 e. The van der Waals surface area contributed by atoms with E-state index in [1.165, 1.54) is 20.3 Å². The zero-order valence-corrected chi connectivity index (χ0v) is 8.69. The summed E-state index contributed by atoms with van der Waals surface area (Å²) < 4.78 is 5.05. The Hall–Kier alpha value is -0.610. The van der Waals surface area contributed by atoms with Gasteiger partial charge in [-0.05, 0) is 39.5 Å². The SMILES string of the molecule is CC(C)(O)O.O=C1OC2CCCC1C2. The first kappa shape index (κ1) is 11.5. The molecule has 1 aliphatic carbocycles. The van der Waals surface area contributed by atoms with Crippen LogP contribution in [0.1, 0.15) is 39.5 Å². The summed E-state index contributed by atoms with van der Waals surface area (Å²) in [5.41, 5.74) is 0. The molecular formula is C10H18O4. The fraction of sp³-hybridized carbons (Fsp3) is 0.900. The van der Waals surface area contributed by atoms with Crippen LogP contribution in [0.25, 0.3) is 0 Å². The fourth-order valence-corrected chi connectivity index (χ4v) is 1.73. The lowest BCUT2D eigenvalue weighted by atomic mass is 9.90. The van der Waals surface area contributed by atoms with Crippen molar-refractivity contribution in [1.82, 2.24) is 0 Å². The number of ether oxygens (including phenoxy) is 1. The molecule has 0 amide bonds. The van der Waals surface area contributed by atoms with E-state index in [1.807, 2.05) is 0 Å². The Morgan fingerprint density at radius 1 is 1.36 bits per heavy atom. The van der Waals surface area contributed by atoms with E-state index in [2.05, 4.69) is 0 Å². The Balaban J connectivity index is 0.000000171. The molecule has 0 radical (unpaired) electrons. The summed E-state index contributed by atoms with van der Waals surface area (Å²) in [6.45, 7) is 2.60. The van der Waals surface area contributed by atoms with E-state index >= 15 is 0 Å². The van der Waals surface area contributed by atoms with Crippen LogP contribution < -0.4 is 0 Å². The van der Waals surface area contributed by atoms with Gasteiger partial charge >= 0.3 is 5.97 Å². The highest BCUT2D eigenvalue weighted by atomic mass is 16.6. The van der Waals surface area contributed by atoms with Gasteiger partial charge in [0.25, 0.3) is 0 Å². The number of carbonyl (C=O) groups excluding carboxylic acids is 1. The van der Waals surface area contributed by atoms with E-state index in [9.17, 15) is 4.79 Å². The summed E-state index contributed by atoms with van der Waals surface area (Å²) in [6, 6.07) is 0. The number of hydrogen-bond donors (Lipinski definition) is 2. The van der Waals surface area contributed by atoms with Crippen LogP contribution in [-0.4, -0.2) is 28.1 Å². The summed E-state index contributed by atoms with van der Waals surface area (Å²) >= 11 is 0. The Morgan fingerprint density at radius 2 is 1.93 bits per heavy atom. The van der Waals surface area contributed by atoms with Crippen molar-refractivity contribution in [3.05, 3.63) is 0 Å². The topological polar surface area (TPSA) is 66.8 Å². The third-order valence-corrected chi connectivity index (χ3v) is 2.24. The Kier molecular flexibility index (Phi) is 3.50. The van der Waals surface area contributed by atoms with Gasteiger partial charge in [0.15, 0.2) is 5.79 Å². The normalized spacial score (nSPS) is 30.4. The number of fused-ring (bicyclic) bond motifs is 2. The van der Waals surface area contributed by atoms with Gasteiger partial charge in [0.2, 0.25) is 0 Å². The average Bonchev–Trinajstić information content (AvgIpc) is 2.23. The van der Waals surface area contributed by atoms with E-state index < -0.39 is 5.79 Å². The lowest BCUT2D eigenvalue weighted by molar-refractivity contribution is -0.143. The second kappa shape index (κ2) is 4.28. The van der Waals surface area contributed by atoms with Crippen molar-refractivity contribution in [2.75, 3.05) is 0 Å². The average molecular weight is 202 g/mol. The van der Waals surface area contributed by atoms with Crippen molar-refractivity contribution in [2.45, 2.75) is 51.4 Å². The van der Waals surface area contributed by atoms with Gasteiger partial charge in [-0.1, -0.05) is 0 Å². The quantitative estimate of drug-likeness (QED) is 0.450. The van der Waals surface area contributed by atoms with Crippen LogP contribution in [-0.2, 0) is 9.53 Å². The van der Waals surface area contributed by atoms with Gasteiger partial charge < -0.3 is 14.9 Å². The van der Waals surface area contributed by atoms with Crippen LogP contribution >= 0.6 is 0 Å². The zero-order valence-electron chi connectivity index (χ0n) is 8.69. The number of rotatable bonds is 0. The minimum absolute atomic E-state index is 0.0532. The molecule has 1 saturated carbocycles. The summed E-state index contributed by atoms with van der Waals surface area (Å²) in [5, 5.41) is 16.2. The van der Waals surface area contributed by atoms with Crippen molar-refractivity contribution < 1.29 is 19.7 Å². The molecular weight excluding hydrogens is 184 g/mol. The minimum Gasteiger partial charge on any atom is -0.462 e. The van der Waals surface area contributed by atoms with Gasteiger partial charge in [0.05, 0.1) is 5.92 Å². The molecule has 2 rings (SSSR count). The summed E-state index contributed by atoms with van der Waals surface area (Å²) in [4.78, 5) is 10.8. The van der Waals surface area contributed by atoms with E-state index in [-0.39, 0.29) is 18.0 Å². The second-order valence-electron chi connectivity index (χ2n) is 4.42. The number of carbonyl (C=O) groups is 1. The smallest absolute Gasteiger partial charge is 0.309 e. The Morgan fingerprint density at radius 3 is 2.36 bits per heavy atom. The van der Waals surface area contributed by atoms with Gasteiger partial charge in [0.1, 0.15) is 6.10 Å². The zero-order chi connectivity index (χ0) is 10.8. The predicted molar refractivity (Wildman–Crippen MR) is 50.4 cm³/mol. The van der Waals surface area contributed by atoms with Gasteiger partial charge in [0, 0.05) is 0 Å². The number of hydrogen-bond acceptors (Lipinski definition) is 4. The molecule has 4 nitrogen and oxygen atoms in total. The molecule has 1 aliphatic heterocycles. The van der Waals surface area contributed by atoms with Crippen LogP contribution in [0.4, 0.5) is 0 Å². The standard InChI is InChI=1S/C7H10O2.C3H8O2/c8-7-5-2-1-3-6(4-5)9-7;1-3(2,4)5/h5-6H,1-4H2;4-5H,1-2H3. The summed E-state index contributed by atoms with van der Waals surface area (Å²) in [5.74, 6) is -1.18. The highest BCUT2D eigenvalue weighted by Gasteiger charge is 2.37. The number of esters is 1. The van der Waals surface area contributed by atoms with Crippen molar-refractivity contribution in [2.24, 2.45) is 5.92 Å². The molecule has 0 aromatic rings. The molecule has 2 N–H and O–H groups in total. The Bertz CT molecular complexity index is 201. The molecule has 0 aromatic heterocycles. The maximum Gasteiger partial charge on any atom is 0.309 e. The molecule has 4 heteroatoms. The van der Waals surface area contributed by atoms with Crippen LogP contribution in [0.2, 0.25) is 0 Å². The summed E-state index contributed by atoms with van der Waals surface area (Å²) in [7, 11) is 0. The molecule has 1 saturated heterocycles. The van der Waals surface area contributed by atoms with Gasteiger partial charge in [-0.2, -0.15) is 0 Å². The lowest BCUT2D eigenvalue weighted by Crippen LogP contribution is -2.15. The predicted octanol–water partition coefficient (Wildman–Crippen LogP) is 0.809. The van der Waals surface area contributed by atoms with Crippen molar-refractivity contribution in [1.29, 1.82) is 0 Å². The maximum atomic E-state index is 10.8. The highest BCUT2D eigenvalue weighted by molar-refractivity contribution is 5.74. The Labute approximate surface area is 83.9 Å². The van der Waals surface area contributed by atoms with Crippen molar-refractivity contribution >= 4 is 5.97 Å². The van der Waals surface area contributed by atoms with Crippen LogP contribution in [0.15, 0.2) is 0 Å². The van der Waals surface area contributed by atoms with Crippen LogP contribution in [0, 0.1) is 5.92 Å². The molecule has 14 heavy (non-hydrogen) atoms. The van der Waals surface area contributed by atoms with Gasteiger partial charge in [-0.3, -0.25) is 4.79 Å². The molecule has 2 bridgehead atoms. The number of aliphatic hydroxyl groups is 2.